The molecule has 0 aliphatic carbocycles. The number of nitrogens with one attached hydrogen (secondary N) is 1. The minimum absolute atomic E-state index is 0.626. The van der Waals surface area contributed by atoms with Crippen LogP contribution < -0.4 is 5.09 Å². The van der Waals surface area contributed by atoms with E-state index in [0.717, 1.165) is 12.8 Å². The van der Waals surface area contributed by atoms with Gasteiger partial charge in [0.2, 0.25) is 0 Å². The Balaban J connectivity index is 3.18. The van der Waals surface area contributed by atoms with E-state index in [0.29, 0.717) is 6.54 Å². The molecule has 0 radical (unpaired) electrons. The van der Waals surface area contributed by atoms with Gasteiger partial charge in [-0.3, -0.25) is 4.57 Å². The Morgan fingerprint density at radius 2 is 2.11 bits per heavy atom. The number of unbranched alkanes of at least 4 members (excludes halogenated alkanes) is 1. The van der Waals surface area contributed by atoms with Crippen molar-refractivity contribution in [3.63, 3.8) is 0 Å². The third-order valence-electron chi connectivity index (χ3n) is 0.826. The predicted octanol–water partition coefficient (Wildman–Crippen LogP) is 2.96. The summed E-state index contributed by atoms with van der Waals surface area (Å²) in [6, 6.07) is 0. The molecule has 0 aliphatic rings. The second kappa shape index (κ2) is 4.56. The molecule has 0 fully saturated rings. The lowest BCUT2D eigenvalue weighted by Gasteiger charge is -2.01. The third kappa shape index (κ3) is 8.77. The van der Waals surface area contributed by atoms with Gasteiger partial charge >= 0.3 is 6.00 Å². The van der Waals surface area contributed by atoms with Crippen LogP contribution in [0.5, 0.6) is 0 Å². The van der Waals surface area contributed by atoms with Gasteiger partial charge in [-0.1, -0.05) is 13.3 Å². The quantitative estimate of drug-likeness (QED) is 0.545. The smallest absolute Gasteiger partial charge is 0.271 e. The average Bonchev–Trinajstić information content (AvgIpc) is 1.63. The summed E-state index contributed by atoms with van der Waals surface area (Å²) >= 11 is 10.4. The van der Waals surface area contributed by atoms with E-state index in [9.17, 15) is 4.57 Å². The van der Waals surface area contributed by atoms with Crippen LogP contribution in [0, 0.1) is 0 Å². The van der Waals surface area contributed by atoms with Crippen molar-refractivity contribution in [1.29, 1.82) is 0 Å². The molecule has 0 unspecified atom stereocenters. The standard InChI is InChI=1S/C4H10Cl2NOP/c1-2-3-4-7-9(5,6)8/h2-4H2,1H3,(H,7,8). The van der Waals surface area contributed by atoms with Crippen molar-refractivity contribution in [2.24, 2.45) is 0 Å². The molecule has 0 heterocycles. The van der Waals surface area contributed by atoms with Gasteiger partial charge in [-0.2, -0.15) is 0 Å². The molecule has 0 aromatic heterocycles. The molecule has 2 nitrogen and oxygen atoms in total. The van der Waals surface area contributed by atoms with E-state index in [1.54, 1.807) is 0 Å². The Labute approximate surface area is 64.9 Å². The van der Waals surface area contributed by atoms with Crippen molar-refractivity contribution in [3.05, 3.63) is 0 Å². The molecule has 0 aromatic carbocycles. The SMILES string of the molecule is CCCCNP(=O)(Cl)Cl. The van der Waals surface area contributed by atoms with Gasteiger partial charge in [-0.15, -0.1) is 0 Å². The van der Waals surface area contributed by atoms with Crippen molar-refractivity contribution >= 4 is 28.5 Å². The van der Waals surface area contributed by atoms with E-state index in [2.05, 4.69) is 5.09 Å². The van der Waals surface area contributed by atoms with Gasteiger partial charge in [0.1, 0.15) is 0 Å². The topological polar surface area (TPSA) is 29.1 Å². The molecule has 0 spiro atoms. The number of hydrogen-bond donors (Lipinski definition) is 1. The molecule has 0 saturated carbocycles. The van der Waals surface area contributed by atoms with Crippen LogP contribution in [0.15, 0.2) is 0 Å². The first kappa shape index (κ1) is 9.77. The van der Waals surface area contributed by atoms with Crippen molar-refractivity contribution in [2.75, 3.05) is 6.54 Å². The van der Waals surface area contributed by atoms with E-state index in [1.165, 1.54) is 0 Å². The fourth-order valence-electron chi connectivity index (χ4n) is 0.386. The van der Waals surface area contributed by atoms with Crippen LogP contribution in [0.25, 0.3) is 0 Å². The zero-order valence-corrected chi connectivity index (χ0v) is 7.64. The summed E-state index contributed by atoms with van der Waals surface area (Å²) in [4.78, 5) is 0. The van der Waals surface area contributed by atoms with Crippen LogP contribution in [-0.2, 0) is 4.57 Å². The van der Waals surface area contributed by atoms with Gasteiger partial charge in [0, 0.05) is 6.54 Å². The van der Waals surface area contributed by atoms with Crippen LogP contribution in [0.2, 0.25) is 0 Å². The Morgan fingerprint density at radius 3 is 2.44 bits per heavy atom. The number of halogens is 2. The van der Waals surface area contributed by atoms with Gasteiger partial charge in [-0.25, -0.2) is 5.09 Å². The second-order valence-corrected chi connectivity index (χ2v) is 6.34. The molecule has 0 rings (SSSR count). The van der Waals surface area contributed by atoms with Gasteiger partial charge in [0.05, 0.1) is 0 Å². The van der Waals surface area contributed by atoms with E-state index in [4.69, 9.17) is 22.5 Å². The molecule has 0 aromatic rings. The number of hydrogen-bond acceptors (Lipinski definition) is 1. The van der Waals surface area contributed by atoms with Crippen molar-refractivity contribution in [1.82, 2.24) is 5.09 Å². The zero-order valence-electron chi connectivity index (χ0n) is 5.23. The molecule has 0 saturated heterocycles. The van der Waals surface area contributed by atoms with Crippen molar-refractivity contribution in [2.45, 2.75) is 19.8 Å². The van der Waals surface area contributed by atoms with Crippen LogP contribution in [0.3, 0.4) is 0 Å². The van der Waals surface area contributed by atoms with Crippen LogP contribution in [0.1, 0.15) is 19.8 Å². The molecule has 0 aliphatic heterocycles. The zero-order chi connectivity index (χ0) is 7.33. The first-order valence-electron chi connectivity index (χ1n) is 2.80. The van der Waals surface area contributed by atoms with E-state index in [1.807, 2.05) is 6.92 Å². The first-order chi connectivity index (χ1) is 4.06. The lowest BCUT2D eigenvalue weighted by molar-refractivity contribution is 0.582. The minimum Gasteiger partial charge on any atom is -0.271 e. The summed E-state index contributed by atoms with van der Waals surface area (Å²) in [5.41, 5.74) is 0. The lowest BCUT2D eigenvalue weighted by atomic mass is 10.3. The van der Waals surface area contributed by atoms with Crippen molar-refractivity contribution in [3.8, 4) is 0 Å². The van der Waals surface area contributed by atoms with Gasteiger partial charge in [-0.05, 0) is 28.9 Å². The van der Waals surface area contributed by atoms with Crippen LogP contribution in [-0.4, -0.2) is 6.54 Å². The highest BCUT2D eigenvalue weighted by Gasteiger charge is 2.09. The highest BCUT2D eigenvalue weighted by Crippen LogP contribution is 2.51. The van der Waals surface area contributed by atoms with E-state index < -0.39 is 6.00 Å². The maximum absolute atomic E-state index is 10.5. The Bertz CT molecular complexity index is 113. The largest absolute Gasteiger partial charge is 0.319 e. The minimum atomic E-state index is -3.00. The monoisotopic (exact) mass is 189 g/mol. The summed E-state index contributed by atoms with van der Waals surface area (Å²) in [5, 5.41) is 2.51. The summed E-state index contributed by atoms with van der Waals surface area (Å²) in [7, 11) is 0. The summed E-state index contributed by atoms with van der Waals surface area (Å²) in [6.07, 6.45) is 1.99. The normalized spacial score (nSPS) is 11.9. The average molecular weight is 190 g/mol. The van der Waals surface area contributed by atoms with E-state index >= 15 is 0 Å². The maximum Gasteiger partial charge on any atom is 0.319 e. The predicted molar refractivity (Wildman–Crippen MR) is 42.2 cm³/mol. The third-order valence-corrected chi connectivity index (χ3v) is 2.14. The Morgan fingerprint density at radius 1 is 1.56 bits per heavy atom. The molecule has 56 valence electrons. The highest BCUT2D eigenvalue weighted by molar-refractivity contribution is 8.07. The van der Waals surface area contributed by atoms with Crippen LogP contribution >= 0.6 is 28.5 Å². The lowest BCUT2D eigenvalue weighted by Crippen LogP contribution is -2.05. The molecular formula is C4H10Cl2NOP. The molecule has 5 heteroatoms. The molecule has 9 heavy (non-hydrogen) atoms. The molecule has 1 N–H and O–H groups in total. The molecule has 0 amide bonds. The fraction of sp³-hybridized carbons (Fsp3) is 1.00. The summed E-state index contributed by atoms with van der Waals surface area (Å²) in [5.74, 6) is -3.00. The highest BCUT2D eigenvalue weighted by atomic mass is 35.9. The summed E-state index contributed by atoms with van der Waals surface area (Å²) < 4.78 is 10.5. The Kier molecular flexibility index (Phi) is 4.96. The molecule has 0 atom stereocenters. The van der Waals surface area contributed by atoms with Crippen molar-refractivity contribution < 1.29 is 4.57 Å². The second-order valence-electron chi connectivity index (χ2n) is 1.72. The van der Waals surface area contributed by atoms with Gasteiger partial charge < -0.3 is 0 Å². The summed E-state index contributed by atoms with van der Waals surface area (Å²) in [6.45, 7) is 2.66. The molecule has 0 bridgehead atoms. The fourth-order valence-corrected chi connectivity index (χ4v) is 1.31. The maximum atomic E-state index is 10.5. The van der Waals surface area contributed by atoms with Gasteiger partial charge in [0.15, 0.2) is 0 Å². The van der Waals surface area contributed by atoms with Crippen LogP contribution in [0.4, 0.5) is 0 Å². The Hall–Kier alpha value is 0.770. The molecular weight excluding hydrogens is 180 g/mol. The van der Waals surface area contributed by atoms with Gasteiger partial charge in [0.25, 0.3) is 0 Å². The first-order valence-corrected chi connectivity index (χ1v) is 6.32. The number of rotatable bonds is 4. The van der Waals surface area contributed by atoms with E-state index in [-0.39, 0.29) is 0 Å².